The van der Waals surface area contributed by atoms with E-state index in [-0.39, 0.29) is 6.61 Å². The third-order valence-electron chi connectivity index (χ3n) is 5.16. The first-order valence-electron chi connectivity index (χ1n) is 9.32. The fourth-order valence-corrected chi connectivity index (χ4v) is 3.81. The van der Waals surface area contributed by atoms with E-state index >= 15 is 0 Å². The molecule has 0 radical (unpaired) electrons. The summed E-state index contributed by atoms with van der Waals surface area (Å²) in [4.78, 5) is 4.97. The quantitative estimate of drug-likeness (QED) is 0.471. The van der Waals surface area contributed by atoms with Gasteiger partial charge in [-0.15, -0.1) is 0 Å². The Balaban J connectivity index is 1.76. The van der Waals surface area contributed by atoms with Crippen LogP contribution in [0.5, 0.6) is 0 Å². The van der Waals surface area contributed by atoms with E-state index in [9.17, 15) is 5.11 Å². The normalized spacial score (nSPS) is 11.6. The third-order valence-corrected chi connectivity index (χ3v) is 5.16. The minimum absolute atomic E-state index is 0.171. The standard InChI is InChI=1S/C24H20N2O/c27-13-5-12-26-23-16-20-9-4-3-8-19(20)15-22(23)25-24(26)21-11-10-17-6-1-2-7-18(17)14-21/h1-4,6-11,14-16,27H,5,12-13H2. The summed E-state index contributed by atoms with van der Waals surface area (Å²) in [6.07, 6.45) is 0.707. The van der Waals surface area contributed by atoms with Crippen LogP contribution in [0.25, 0.3) is 44.0 Å². The zero-order chi connectivity index (χ0) is 18.2. The lowest BCUT2D eigenvalue weighted by atomic mass is 10.1. The molecule has 132 valence electrons. The predicted molar refractivity (Wildman–Crippen MR) is 112 cm³/mol. The van der Waals surface area contributed by atoms with Gasteiger partial charge in [-0.25, -0.2) is 4.98 Å². The highest BCUT2D eigenvalue weighted by Gasteiger charge is 2.14. The summed E-state index contributed by atoms with van der Waals surface area (Å²) < 4.78 is 2.24. The number of aryl methyl sites for hydroxylation is 1. The Hall–Kier alpha value is -3.17. The molecule has 0 bridgehead atoms. The number of aliphatic hydroxyl groups excluding tert-OH is 1. The van der Waals surface area contributed by atoms with E-state index in [4.69, 9.17) is 4.98 Å². The molecule has 27 heavy (non-hydrogen) atoms. The first kappa shape index (κ1) is 16.0. The Morgan fingerprint density at radius 2 is 1.41 bits per heavy atom. The molecule has 0 aliphatic carbocycles. The maximum Gasteiger partial charge on any atom is 0.141 e. The fraction of sp³-hybridized carbons (Fsp3) is 0.125. The second-order valence-corrected chi connectivity index (χ2v) is 6.91. The Kier molecular flexibility index (Phi) is 3.88. The molecular weight excluding hydrogens is 332 g/mol. The van der Waals surface area contributed by atoms with Crippen molar-refractivity contribution < 1.29 is 5.11 Å². The van der Waals surface area contributed by atoms with E-state index in [2.05, 4.69) is 83.4 Å². The summed E-state index contributed by atoms with van der Waals surface area (Å²) in [6.45, 7) is 0.915. The predicted octanol–water partition coefficient (Wildman–Crippen LogP) is 5.39. The molecular formula is C24H20N2O. The van der Waals surface area contributed by atoms with Gasteiger partial charge in [0.05, 0.1) is 11.0 Å². The van der Waals surface area contributed by atoms with Crippen molar-refractivity contribution in [2.75, 3.05) is 6.61 Å². The molecule has 4 aromatic carbocycles. The molecule has 0 spiro atoms. The molecule has 0 atom stereocenters. The van der Waals surface area contributed by atoms with E-state index in [1.165, 1.54) is 21.5 Å². The van der Waals surface area contributed by atoms with E-state index in [1.54, 1.807) is 0 Å². The van der Waals surface area contributed by atoms with Gasteiger partial charge in [0.2, 0.25) is 0 Å². The van der Waals surface area contributed by atoms with Crippen LogP contribution in [0.4, 0.5) is 0 Å². The number of aliphatic hydroxyl groups is 1. The van der Waals surface area contributed by atoms with Crippen molar-refractivity contribution in [1.29, 1.82) is 0 Å². The Morgan fingerprint density at radius 1 is 0.741 bits per heavy atom. The summed E-state index contributed by atoms with van der Waals surface area (Å²) in [6, 6.07) is 27.6. The molecule has 1 aromatic heterocycles. The zero-order valence-corrected chi connectivity index (χ0v) is 15.0. The van der Waals surface area contributed by atoms with Gasteiger partial charge >= 0.3 is 0 Å². The van der Waals surface area contributed by atoms with Crippen molar-refractivity contribution in [2.45, 2.75) is 13.0 Å². The molecule has 0 aliphatic rings. The van der Waals surface area contributed by atoms with Gasteiger partial charge in [-0.1, -0.05) is 60.7 Å². The van der Waals surface area contributed by atoms with Crippen molar-refractivity contribution in [3.63, 3.8) is 0 Å². The van der Waals surface area contributed by atoms with Gasteiger partial charge in [-0.05, 0) is 46.2 Å². The monoisotopic (exact) mass is 352 g/mol. The summed E-state index contributed by atoms with van der Waals surface area (Å²) in [7, 11) is 0. The zero-order valence-electron chi connectivity index (χ0n) is 15.0. The van der Waals surface area contributed by atoms with Crippen molar-refractivity contribution >= 4 is 32.6 Å². The van der Waals surface area contributed by atoms with E-state index in [0.29, 0.717) is 6.42 Å². The van der Waals surface area contributed by atoms with Crippen LogP contribution in [0, 0.1) is 0 Å². The highest BCUT2D eigenvalue weighted by molar-refractivity contribution is 5.97. The second-order valence-electron chi connectivity index (χ2n) is 6.91. The fourth-order valence-electron chi connectivity index (χ4n) is 3.81. The smallest absolute Gasteiger partial charge is 0.141 e. The molecule has 0 unspecified atom stereocenters. The van der Waals surface area contributed by atoms with E-state index in [0.717, 1.165) is 29.0 Å². The van der Waals surface area contributed by atoms with Crippen LogP contribution >= 0.6 is 0 Å². The largest absolute Gasteiger partial charge is 0.396 e. The number of benzene rings is 4. The molecule has 0 amide bonds. The van der Waals surface area contributed by atoms with Gasteiger partial charge in [-0.3, -0.25) is 0 Å². The van der Waals surface area contributed by atoms with Crippen LogP contribution in [-0.2, 0) is 6.54 Å². The molecule has 0 saturated carbocycles. The van der Waals surface area contributed by atoms with Crippen LogP contribution in [0.15, 0.2) is 78.9 Å². The molecule has 0 fully saturated rings. The summed E-state index contributed by atoms with van der Waals surface area (Å²) in [5, 5.41) is 14.2. The number of rotatable bonds is 4. The third kappa shape index (κ3) is 2.77. The lowest BCUT2D eigenvalue weighted by Gasteiger charge is -2.10. The van der Waals surface area contributed by atoms with Crippen LogP contribution in [0.3, 0.4) is 0 Å². The Labute approximate surface area is 157 Å². The van der Waals surface area contributed by atoms with Crippen LogP contribution in [0.2, 0.25) is 0 Å². The second kappa shape index (κ2) is 6.53. The number of nitrogens with zero attached hydrogens (tertiary/aromatic N) is 2. The minimum atomic E-state index is 0.171. The Morgan fingerprint density at radius 3 is 2.15 bits per heavy atom. The van der Waals surface area contributed by atoms with Gasteiger partial charge in [-0.2, -0.15) is 0 Å². The number of imidazole rings is 1. The molecule has 0 saturated heterocycles. The van der Waals surface area contributed by atoms with Crippen molar-refractivity contribution in [3.8, 4) is 11.4 Å². The average molecular weight is 352 g/mol. The van der Waals surface area contributed by atoms with Crippen LogP contribution < -0.4 is 0 Å². The topological polar surface area (TPSA) is 38.0 Å². The van der Waals surface area contributed by atoms with Crippen molar-refractivity contribution in [1.82, 2.24) is 9.55 Å². The van der Waals surface area contributed by atoms with Gasteiger partial charge in [0, 0.05) is 18.7 Å². The lowest BCUT2D eigenvalue weighted by Crippen LogP contribution is -2.02. The first-order valence-corrected chi connectivity index (χ1v) is 9.32. The average Bonchev–Trinajstić information content (AvgIpc) is 3.07. The molecule has 3 heteroatoms. The molecule has 1 heterocycles. The number of hydrogen-bond donors (Lipinski definition) is 1. The number of hydrogen-bond acceptors (Lipinski definition) is 2. The molecule has 3 nitrogen and oxygen atoms in total. The van der Waals surface area contributed by atoms with Gasteiger partial charge in [0.1, 0.15) is 5.82 Å². The summed E-state index contributed by atoms with van der Waals surface area (Å²) in [5.41, 5.74) is 3.21. The molecule has 5 aromatic rings. The maximum absolute atomic E-state index is 9.38. The maximum atomic E-state index is 9.38. The van der Waals surface area contributed by atoms with Crippen LogP contribution in [0.1, 0.15) is 6.42 Å². The van der Waals surface area contributed by atoms with Crippen molar-refractivity contribution in [2.24, 2.45) is 0 Å². The molecule has 0 aliphatic heterocycles. The van der Waals surface area contributed by atoms with Gasteiger partial charge in [0.25, 0.3) is 0 Å². The van der Waals surface area contributed by atoms with Crippen LogP contribution in [-0.4, -0.2) is 21.3 Å². The first-order chi connectivity index (χ1) is 13.3. The lowest BCUT2D eigenvalue weighted by molar-refractivity contribution is 0.281. The number of fused-ring (bicyclic) bond motifs is 3. The highest BCUT2D eigenvalue weighted by atomic mass is 16.3. The number of aromatic nitrogens is 2. The van der Waals surface area contributed by atoms with Gasteiger partial charge in [0.15, 0.2) is 0 Å². The van der Waals surface area contributed by atoms with E-state index < -0.39 is 0 Å². The summed E-state index contributed by atoms with van der Waals surface area (Å²) in [5.74, 6) is 0.958. The van der Waals surface area contributed by atoms with Crippen molar-refractivity contribution in [3.05, 3.63) is 78.9 Å². The van der Waals surface area contributed by atoms with E-state index in [1.807, 2.05) is 0 Å². The SMILES string of the molecule is OCCCn1c(-c2ccc3ccccc3c2)nc2cc3ccccc3cc21. The molecule has 5 rings (SSSR count). The highest BCUT2D eigenvalue weighted by Crippen LogP contribution is 2.30. The van der Waals surface area contributed by atoms with Gasteiger partial charge < -0.3 is 9.67 Å². The minimum Gasteiger partial charge on any atom is -0.396 e. The summed E-state index contributed by atoms with van der Waals surface area (Å²) >= 11 is 0. The molecule has 1 N–H and O–H groups in total. The Bertz CT molecular complexity index is 1270.